The van der Waals surface area contributed by atoms with Gasteiger partial charge in [0.2, 0.25) is 5.76 Å². The molecule has 3 heterocycles. The lowest BCUT2D eigenvalue weighted by Crippen LogP contribution is -2.32. The van der Waals surface area contributed by atoms with Gasteiger partial charge in [0.05, 0.1) is 25.1 Å². The third-order valence-corrected chi connectivity index (χ3v) is 4.50. The zero-order chi connectivity index (χ0) is 18.5. The molecule has 3 rings (SSSR count). The highest BCUT2D eigenvalue weighted by Gasteiger charge is 2.24. The summed E-state index contributed by atoms with van der Waals surface area (Å²) in [5.74, 6) is 1.32. The molecule has 0 radical (unpaired) electrons. The molecule has 1 amide bonds. The fourth-order valence-electron chi connectivity index (χ4n) is 3.03. The van der Waals surface area contributed by atoms with E-state index in [1.165, 1.54) is 13.2 Å². The highest BCUT2D eigenvalue weighted by atomic mass is 16.5. The minimum atomic E-state index is -0.140. The summed E-state index contributed by atoms with van der Waals surface area (Å²) in [6.45, 7) is 1.38. The third-order valence-electron chi connectivity index (χ3n) is 4.50. The van der Waals surface area contributed by atoms with Crippen molar-refractivity contribution in [2.24, 2.45) is 0 Å². The SMILES string of the molecule is COc1cc(C(=O)N2CCC[C@H](Nc3ccc(N(C)C)nc3)CC2)on1. The van der Waals surface area contributed by atoms with Gasteiger partial charge >= 0.3 is 0 Å². The summed E-state index contributed by atoms with van der Waals surface area (Å²) in [6.07, 6.45) is 4.65. The van der Waals surface area contributed by atoms with Crippen molar-refractivity contribution >= 4 is 17.4 Å². The molecular weight excluding hydrogens is 334 g/mol. The number of nitrogens with one attached hydrogen (secondary N) is 1. The molecule has 0 unspecified atom stereocenters. The fourth-order valence-corrected chi connectivity index (χ4v) is 3.03. The van der Waals surface area contributed by atoms with Gasteiger partial charge in [-0.1, -0.05) is 0 Å². The molecule has 0 spiro atoms. The van der Waals surface area contributed by atoms with Crippen LogP contribution in [0.5, 0.6) is 5.88 Å². The number of amides is 1. The number of methoxy groups -OCH3 is 1. The molecule has 0 bridgehead atoms. The van der Waals surface area contributed by atoms with Crippen molar-refractivity contribution in [3.05, 3.63) is 30.2 Å². The zero-order valence-electron chi connectivity index (χ0n) is 15.4. The monoisotopic (exact) mass is 359 g/mol. The normalized spacial score (nSPS) is 17.5. The standard InChI is InChI=1S/C18H25N5O3/c1-22(2)16-7-6-14(12-19-16)20-13-5-4-9-23(10-8-13)18(24)15-11-17(25-3)21-26-15/h6-7,11-13,20H,4-5,8-10H2,1-3H3/t13-/m0/s1. The number of hydrogen-bond acceptors (Lipinski definition) is 7. The van der Waals surface area contributed by atoms with Gasteiger partial charge in [0.15, 0.2) is 0 Å². The topological polar surface area (TPSA) is 83.7 Å². The summed E-state index contributed by atoms with van der Waals surface area (Å²) in [5.41, 5.74) is 1.00. The van der Waals surface area contributed by atoms with Gasteiger partial charge < -0.3 is 24.4 Å². The summed E-state index contributed by atoms with van der Waals surface area (Å²) in [5, 5.41) is 7.22. The molecular formula is C18H25N5O3. The summed E-state index contributed by atoms with van der Waals surface area (Å²) in [4.78, 5) is 20.8. The van der Waals surface area contributed by atoms with E-state index in [1.807, 2.05) is 42.2 Å². The van der Waals surface area contributed by atoms with E-state index >= 15 is 0 Å². The first kappa shape index (κ1) is 18.0. The van der Waals surface area contributed by atoms with E-state index in [9.17, 15) is 4.79 Å². The molecule has 1 aliphatic rings. The second-order valence-electron chi connectivity index (χ2n) is 6.60. The molecule has 1 saturated heterocycles. The van der Waals surface area contributed by atoms with Crippen molar-refractivity contribution in [2.45, 2.75) is 25.3 Å². The Morgan fingerprint density at radius 2 is 2.19 bits per heavy atom. The highest BCUT2D eigenvalue weighted by molar-refractivity contribution is 5.91. The van der Waals surface area contributed by atoms with Crippen molar-refractivity contribution in [2.75, 3.05) is 44.5 Å². The number of pyridine rings is 1. The number of ether oxygens (including phenoxy) is 1. The number of carbonyl (C=O) groups is 1. The van der Waals surface area contributed by atoms with Crippen LogP contribution in [-0.4, -0.2) is 61.3 Å². The van der Waals surface area contributed by atoms with Crippen LogP contribution in [0.25, 0.3) is 0 Å². The number of likely N-dealkylation sites (tertiary alicyclic amines) is 1. The van der Waals surface area contributed by atoms with Gasteiger partial charge in [0.1, 0.15) is 5.82 Å². The van der Waals surface area contributed by atoms with E-state index in [1.54, 1.807) is 0 Å². The number of nitrogens with zero attached hydrogens (tertiary/aromatic N) is 4. The number of anilines is 2. The van der Waals surface area contributed by atoms with Crippen LogP contribution < -0.4 is 15.0 Å². The Bertz CT molecular complexity index is 729. The van der Waals surface area contributed by atoms with Crippen molar-refractivity contribution in [1.29, 1.82) is 0 Å². The second-order valence-corrected chi connectivity index (χ2v) is 6.60. The predicted molar refractivity (Wildman–Crippen MR) is 98.8 cm³/mol. The van der Waals surface area contributed by atoms with E-state index < -0.39 is 0 Å². The van der Waals surface area contributed by atoms with Gasteiger partial charge in [-0.05, 0) is 36.6 Å². The largest absolute Gasteiger partial charge is 0.479 e. The molecule has 8 nitrogen and oxygen atoms in total. The van der Waals surface area contributed by atoms with Crippen LogP contribution in [-0.2, 0) is 0 Å². The van der Waals surface area contributed by atoms with Crippen LogP contribution in [0.15, 0.2) is 28.9 Å². The van der Waals surface area contributed by atoms with Gasteiger partial charge in [0.25, 0.3) is 11.8 Å². The summed E-state index contributed by atoms with van der Waals surface area (Å²) in [6, 6.07) is 5.87. The second kappa shape index (κ2) is 8.07. The van der Waals surface area contributed by atoms with Gasteiger partial charge in [-0.25, -0.2) is 4.98 Å². The molecule has 0 aliphatic carbocycles. The molecule has 0 saturated carbocycles. The molecule has 0 aromatic carbocycles. The minimum absolute atomic E-state index is 0.140. The molecule has 1 fully saturated rings. The van der Waals surface area contributed by atoms with Crippen LogP contribution in [0.3, 0.4) is 0 Å². The van der Waals surface area contributed by atoms with Crippen LogP contribution in [0.1, 0.15) is 29.8 Å². The maximum absolute atomic E-state index is 12.5. The average molecular weight is 359 g/mol. The fraction of sp³-hybridized carbons (Fsp3) is 0.500. The Morgan fingerprint density at radius 3 is 2.85 bits per heavy atom. The van der Waals surface area contributed by atoms with E-state index in [0.29, 0.717) is 25.0 Å². The molecule has 1 aliphatic heterocycles. The van der Waals surface area contributed by atoms with Crippen LogP contribution in [0.4, 0.5) is 11.5 Å². The smallest absolute Gasteiger partial charge is 0.292 e. The van der Waals surface area contributed by atoms with Crippen molar-refractivity contribution in [3.63, 3.8) is 0 Å². The van der Waals surface area contributed by atoms with E-state index in [4.69, 9.17) is 9.26 Å². The van der Waals surface area contributed by atoms with Crippen LogP contribution >= 0.6 is 0 Å². The van der Waals surface area contributed by atoms with E-state index in [2.05, 4.69) is 15.5 Å². The molecule has 140 valence electrons. The van der Waals surface area contributed by atoms with Gasteiger partial charge in [-0.3, -0.25) is 4.79 Å². The van der Waals surface area contributed by atoms with Crippen LogP contribution in [0.2, 0.25) is 0 Å². The van der Waals surface area contributed by atoms with Crippen molar-refractivity contribution in [1.82, 2.24) is 15.0 Å². The lowest BCUT2D eigenvalue weighted by molar-refractivity contribution is 0.0719. The molecule has 26 heavy (non-hydrogen) atoms. The van der Waals surface area contributed by atoms with Gasteiger partial charge in [-0.2, -0.15) is 0 Å². The molecule has 1 atom stereocenters. The lowest BCUT2D eigenvalue weighted by atomic mass is 10.1. The zero-order valence-corrected chi connectivity index (χ0v) is 15.4. The van der Waals surface area contributed by atoms with Crippen molar-refractivity contribution in [3.8, 4) is 5.88 Å². The Labute approximate surface area is 153 Å². The Hall–Kier alpha value is -2.77. The first-order chi connectivity index (χ1) is 12.6. The summed E-state index contributed by atoms with van der Waals surface area (Å²) < 4.78 is 10.0. The molecule has 8 heteroatoms. The van der Waals surface area contributed by atoms with Crippen molar-refractivity contribution < 1.29 is 14.1 Å². The Morgan fingerprint density at radius 1 is 1.35 bits per heavy atom. The predicted octanol–water partition coefficient (Wildman–Crippen LogP) is 2.25. The van der Waals surface area contributed by atoms with E-state index in [0.717, 1.165) is 30.8 Å². The maximum Gasteiger partial charge on any atom is 0.292 e. The van der Waals surface area contributed by atoms with Gasteiger partial charge in [-0.15, -0.1) is 0 Å². The number of aromatic nitrogens is 2. The lowest BCUT2D eigenvalue weighted by Gasteiger charge is -2.20. The number of carbonyl (C=O) groups excluding carboxylic acids is 1. The summed E-state index contributed by atoms with van der Waals surface area (Å²) >= 11 is 0. The van der Waals surface area contributed by atoms with Crippen LogP contribution in [0, 0.1) is 0 Å². The molecule has 2 aromatic heterocycles. The third kappa shape index (κ3) is 4.25. The summed E-state index contributed by atoms with van der Waals surface area (Å²) in [7, 11) is 5.43. The quantitative estimate of drug-likeness (QED) is 0.876. The Balaban J connectivity index is 1.56. The Kier molecular flexibility index (Phi) is 5.60. The number of rotatable bonds is 5. The maximum atomic E-state index is 12.5. The first-order valence-electron chi connectivity index (χ1n) is 8.76. The highest BCUT2D eigenvalue weighted by Crippen LogP contribution is 2.20. The molecule has 2 aromatic rings. The number of hydrogen-bond donors (Lipinski definition) is 1. The minimum Gasteiger partial charge on any atom is -0.479 e. The van der Waals surface area contributed by atoms with E-state index in [-0.39, 0.29) is 11.7 Å². The van der Waals surface area contributed by atoms with Gasteiger partial charge in [0, 0.05) is 33.2 Å². The molecule has 1 N–H and O–H groups in total. The average Bonchev–Trinajstić information content (AvgIpc) is 3.01. The first-order valence-corrected chi connectivity index (χ1v) is 8.76.